The number of halogens is 1. The first kappa shape index (κ1) is 19.1. The summed E-state index contributed by atoms with van der Waals surface area (Å²) in [5.74, 6) is 0.365. The van der Waals surface area contributed by atoms with E-state index in [9.17, 15) is 4.79 Å². The highest BCUT2D eigenvalue weighted by molar-refractivity contribution is 7.22. The van der Waals surface area contributed by atoms with E-state index in [2.05, 4.69) is 4.90 Å². The molecular weight excluding hydrogens is 382 g/mol. The number of hydrogen-bond acceptors (Lipinski definition) is 5. The molecule has 1 amide bonds. The van der Waals surface area contributed by atoms with Gasteiger partial charge >= 0.3 is 0 Å². The lowest BCUT2D eigenvalue weighted by Gasteiger charge is -2.31. The summed E-state index contributed by atoms with van der Waals surface area (Å²) in [6.45, 7) is 4.92. The highest BCUT2D eigenvalue weighted by Gasteiger charge is 2.29. The van der Waals surface area contributed by atoms with Crippen LogP contribution in [0.3, 0.4) is 0 Å². The molecule has 1 saturated heterocycles. The van der Waals surface area contributed by atoms with E-state index in [4.69, 9.17) is 21.3 Å². The van der Waals surface area contributed by atoms with Gasteiger partial charge in [-0.25, -0.2) is 4.98 Å². The third kappa shape index (κ3) is 4.45. The first-order valence-corrected chi connectivity index (χ1v) is 11.1. The van der Waals surface area contributed by atoms with Crippen LogP contribution in [0.25, 0.3) is 10.2 Å². The van der Waals surface area contributed by atoms with Crippen molar-refractivity contribution in [3.63, 3.8) is 0 Å². The summed E-state index contributed by atoms with van der Waals surface area (Å²) >= 11 is 7.89. The molecule has 4 rings (SSSR count). The van der Waals surface area contributed by atoms with Gasteiger partial charge in [-0.1, -0.05) is 48.3 Å². The molecule has 1 aromatic heterocycles. The number of para-hydroxylation sites is 1. The Balaban J connectivity index is 1.57. The molecule has 2 fully saturated rings. The largest absolute Gasteiger partial charge is 0.379 e. The fourth-order valence-corrected chi connectivity index (χ4v) is 5.25. The molecule has 2 heterocycles. The Labute approximate surface area is 169 Å². The van der Waals surface area contributed by atoms with Gasteiger partial charge in [0.2, 0.25) is 5.91 Å². The maximum absolute atomic E-state index is 13.3. The van der Waals surface area contributed by atoms with Crippen LogP contribution in [0.4, 0.5) is 5.13 Å². The first-order chi connectivity index (χ1) is 13.2. The Bertz CT molecular complexity index is 785. The zero-order valence-corrected chi connectivity index (χ0v) is 17.1. The van der Waals surface area contributed by atoms with E-state index in [1.54, 1.807) is 11.3 Å². The Kier molecular flexibility index (Phi) is 6.28. The number of aromatic nitrogens is 1. The second-order valence-corrected chi connectivity index (χ2v) is 8.78. The smallest absolute Gasteiger partial charge is 0.231 e. The molecule has 0 bridgehead atoms. The van der Waals surface area contributed by atoms with Gasteiger partial charge in [0.1, 0.15) is 5.52 Å². The maximum atomic E-state index is 13.3. The molecule has 1 aliphatic carbocycles. The molecule has 1 aliphatic heterocycles. The Morgan fingerprint density at radius 1 is 1.26 bits per heavy atom. The summed E-state index contributed by atoms with van der Waals surface area (Å²) in [5.41, 5.74) is 0.798. The third-order valence-electron chi connectivity index (χ3n) is 5.55. The number of carbonyl (C=O) groups is 1. The van der Waals surface area contributed by atoms with Crippen LogP contribution in [0, 0.1) is 5.92 Å². The lowest BCUT2D eigenvalue weighted by atomic mass is 9.88. The Morgan fingerprint density at radius 2 is 2.04 bits per heavy atom. The fourth-order valence-electron chi connectivity index (χ4n) is 3.95. The van der Waals surface area contributed by atoms with Crippen LogP contribution in [-0.4, -0.2) is 55.2 Å². The van der Waals surface area contributed by atoms with Gasteiger partial charge in [0.05, 0.1) is 22.9 Å². The quantitative estimate of drug-likeness (QED) is 0.745. The van der Waals surface area contributed by atoms with Crippen LogP contribution in [0.1, 0.15) is 32.1 Å². The van der Waals surface area contributed by atoms with E-state index < -0.39 is 0 Å². The summed E-state index contributed by atoms with van der Waals surface area (Å²) in [4.78, 5) is 22.4. The van der Waals surface area contributed by atoms with Crippen molar-refractivity contribution in [2.24, 2.45) is 5.92 Å². The molecule has 7 heteroatoms. The number of ether oxygens (including phenoxy) is 1. The van der Waals surface area contributed by atoms with Crippen molar-refractivity contribution in [3.05, 3.63) is 23.2 Å². The van der Waals surface area contributed by atoms with Gasteiger partial charge in [0.25, 0.3) is 0 Å². The van der Waals surface area contributed by atoms with Crippen LogP contribution >= 0.6 is 22.9 Å². The summed E-state index contributed by atoms with van der Waals surface area (Å²) in [5, 5.41) is 1.43. The minimum absolute atomic E-state index is 0.130. The van der Waals surface area contributed by atoms with Crippen molar-refractivity contribution in [2.75, 3.05) is 44.3 Å². The average Bonchev–Trinajstić information content (AvgIpc) is 3.15. The molecule has 0 radical (unpaired) electrons. The molecule has 1 saturated carbocycles. The molecule has 2 aromatic rings. The zero-order valence-electron chi connectivity index (χ0n) is 15.5. The molecule has 0 spiro atoms. The van der Waals surface area contributed by atoms with E-state index in [0.717, 1.165) is 73.9 Å². The van der Waals surface area contributed by atoms with Crippen molar-refractivity contribution in [1.29, 1.82) is 0 Å². The van der Waals surface area contributed by atoms with E-state index in [0.29, 0.717) is 11.6 Å². The van der Waals surface area contributed by atoms with E-state index in [1.807, 2.05) is 23.1 Å². The number of carbonyl (C=O) groups excluding carboxylic acids is 1. The van der Waals surface area contributed by atoms with Gasteiger partial charge in [0, 0.05) is 32.1 Å². The van der Waals surface area contributed by atoms with Gasteiger partial charge in [0.15, 0.2) is 5.13 Å². The summed E-state index contributed by atoms with van der Waals surface area (Å²) < 4.78 is 6.47. The van der Waals surface area contributed by atoms with Gasteiger partial charge in [-0.15, -0.1) is 0 Å². The number of morpholine rings is 1. The maximum Gasteiger partial charge on any atom is 0.231 e. The molecule has 0 atom stereocenters. The fraction of sp³-hybridized carbons (Fsp3) is 0.600. The van der Waals surface area contributed by atoms with Crippen molar-refractivity contribution in [1.82, 2.24) is 9.88 Å². The minimum Gasteiger partial charge on any atom is -0.379 e. The number of hydrogen-bond donors (Lipinski definition) is 0. The molecular formula is C20H26ClN3O2S. The predicted octanol–water partition coefficient (Wildman–Crippen LogP) is 4.20. The molecule has 146 valence electrons. The topological polar surface area (TPSA) is 45.7 Å². The number of fused-ring (bicyclic) bond motifs is 1. The van der Waals surface area contributed by atoms with Gasteiger partial charge in [-0.2, -0.15) is 0 Å². The van der Waals surface area contributed by atoms with Gasteiger partial charge in [-0.05, 0) is 25.0 Å². The summed E-state index contributed by atoms with van der Waals surface area (Å²) in [6.07, 6.45) is 5.55. The van der Waals surface area contributed by atoms with E-state index in [1.165, 1.54) is 6.42 Å². The Hall–Kier alpha value is -1.21. The number of anilines is 1. The SMILES string of the molecule is O=C(C1CCCCC1)N(CCN1CCOCC1)c1nc2c(Cl)cccc2s1. The standard InChI is InChI=1S/C20H26ClN3O2S/c21-16-7-4-8-17-18(16)22-20(27-17)24(10-9-23-11-13-26-14-12-23)19(25)15-5-2-1-3-6-15/h4,7-8,15H,1-3,5-6,9-14H2. The lowest BCUT2D eigenvalue weighted by Crippen LogP contribution is -2.45. The molecule has 1 aromatic carbocycles. The second kappa shape index (κ2) is 8.86. The van der Waals surface area contributed by atoms with Crippen LogP contribution in [0.5, 0.6) is 0 Å². The molecule has 0 N–H and O–H groups in total. The van der Waals surface area contributed by atoms with Crippen LogP contribution < -0.4 is 4.90 Å². The molecule has 2 aliphatic rings. The van der Waals surface area contributed by atoms with Crippen molar-refractivity contribution >= 4 is 44.2 Å². The van der Waals surface area contributed by atoms with Gasteiger partial charge in [-0.3, -0.25) is 14.6 Å². The highest BCUT2D eigenvalue weighted by atomic mass is 35.5. The van der Waals surface area contributed by atoms with E-state index >= 15 is 0 Å². The minimum atomic E-state index is 0.130. The number of thiazole rings is 1. The highest BCUT2D eigenvalue weighted by Crippen LogP contribution is 2.35. The zero-order chi connectivity index (χ0) is 18.6. The molecule has 0 unspecified atom stereocenters. The van der Waals surface area contributed by atoms with Crippen LogP contribution in [0.2, 0.25) is 5.02 Å². The van der Waals surface area contributed by atoms with E-state index in [-0.39, 0.29) is 11.8 Å². The van der Waals surface area contributed by atoms with Crippen molar-refractivity contribution in [3.8, 4) is 0 Å². The van der Waals surface area contributed by atoms with Crippen molar-refractivity contribution < 1.29 is 9.53 Å². The van der Waals surface area contributed by atoms with Crippen molar-refractivity contribution in [2.45, 2.75) is 32.1 Å². The normalized spacial score (nSPS) is 19.4. The number of benzene rings is 1. The number of amides is 1. The first-order valence-electron chi connectivity index (χ1n) is 9.89. The monoisotopic (exact) mass is 407 g/mol. The summed E-state index contributed by atoms with van der Waals surface area (Å²) in [6, 6.07) is 5.82. The predicted molar refractivity (Wildman–Crippen MR) is 111 cm³/mol. The Morgan fingerprint density at radius 3 is 2.78 bits per heavy atom. The van der Waals surface area contributed by atoms with Crippen LogP contribution in [-0.2, 0) is 9.53 Å². The third-order valence-corrected chi connectivity index (χ3v) is 6.90. The van der Waals surface area contributed by atoms with Gasteiger partial charge < -0.3 is 4.74 Å². The molecule has 27 heavy (non-hydrogen) atoms. The lowest BCUT2D eigenvalue weighted by molar-refractivity contribution is -0.123. The van der Waals surface area contributed by atoms with Crippen LogP contribution in [0.15, 0.2) is 18.2 Å². The number of nitrogens with zero attached hydrogens (tertiary/aromatic N) is 3. The second-order valence-electron chi connectivity index (χ2n) is 7.36. The molecule has 5 nitrogen and oxygen atoms in total. The average molecular weight is 408 g/mol. The number of rotatable bonds is 5. The summed E-state index contributed by atoms with van der Waals surface area (Å²) in [7, 11) is 0.